The summed E-state index contributed by atoms with van der Waals surface area (Å²) in [6.45, 7) is 1.19. The summed E-state index contributed by atoms with van der Waals surface area (Å²) in [5, 5.41) is 0. The topological polar surface area (TPSA) is 65.1 Å². The van der Waals surface area contributed by atoms with Gasteiger partial charge in [-0.1, -0.05) is 121 Å². The van der Waals surface area contributed by atoms with Crippen molar-refractivity contribution in [3.05, 3.63) is 144 Å². The molecule has 3 atom stereocenters. The first-order valence-electron chi connectivity index (χ1n) is 14.5. The number of ketones is 1. The molecular formula is C36H37NO5. The SMILES string of the molecule is O=C1CC[C@@H](N(Cc2ccccc2)C(=O)OCc2ccccc2)C[C@@H](OCc2ccccc2)[C@@H]1OCc1ccccc1. The molecule has 0 saturated heterocycles. The summed E-state index contributed by atoms with van der Waals surface area (Å²) in [7, 11) is 0. The first kappa shape index (κ1) is 29.2. The third kappa shape index (κ3) is 8.38. The molecule has 0 aliphatic heterocycles. The van der Waals surface area contributed by atoms with Crippen molar-refractivity contribution < 1.29 is 23.8 Å². The largest absolute Gasteiger partial charge is 0.445 e. The van der Waals surface area contributed by atoms with Crippen LogP contribution in [-0.4, -0.2) is 35.0 Å². The Morgan fingerprint density at radius 3 is 1.67 bits per heavy atom. The van der Waals surface area contributed by atoms with Crippen molar-refractivity contribution in [2.45, 2.75) is 63.9 Å². The molecule has 42 heavy (non-hydrogen) atoms. The number of rotatable bonds is 11. The molecule has 4 aromatic rings. The Labute approximate surface area is 247 Å². The number of carbonyl (C=O) groups is 2. The lowest BCUT2D eigenvalue weighted by Gasteiger charge is -2.33. The monoisotopic (exact) mass is 563 g/mol. The van der Waals surface area contributed by atoms with Gasteiger partial charge in [0.15, 0.2) is 5.78 Å². The lowest BCUT2D eigenvalue weighted by molar-refractivity contribution is -0.144. The van der Waals surface area contributed by atoms with E-state index in [0.717, 1.165) is 22.3 Å². The van der Waals surface area contributed by atoms with Gasteiger partial charge in [-0.2, -0.15) is 0 Å². The number of hydrogen-bond donors (Lipinski definition) is 0. The molecule has 0 bridgehead atoms. The Kier molecular flexibility index (Phi) is 10.5. The third-order valence-electron chi connectivity index (χ3n) is 7.54. The van der Waals surface area contributed by atoms with Gasteiger partial charge in [-0.25, -0.2) is 4.79 Å². The van der Waals surface area contributed by atoms with E-state index in [0.29, 0.717) is 32.6 Å². The van der Waals surface area contributed by atoms with Crippen molar-refractivity contribution in [3.8, 4) is 0 Å². The van der Waals surface area contributed by atoms with Crippen molar-refractivity contribution in [1.29, 1.82) is 0 Å². The molecule has 1 amide bonds. The number of ether oxygens (including phenoxy) is 3. The van der Waals surface area contributed by atoms with Crippen LogP contribution in [0, 0.1) is 0 Å². The highest BCUT2D eigenvalue weighted by Gasteiger charge is 2.39. The second kappa shape index (κ2) is 15.1. The van der Waals surface area contributed by atoms with Gasteiger partial charge in [0.1, 0.15) is 12.7 Å². The van der Waals surface area contributed by atoms with Crippen LogP contribution in [0.4, 0.5) is 4.79 Å². The molecule has 0 aromatic heterocycles. The van der Waals surface area contributed by atoms with Crippen molar-refractivity contribution in [2.24, 2.45) is 0 Å². The Hall–Kier alpha value is -4.26. The molecule has 0 radical (unpaired) electrons. The zero-order valence-electron chi connectivity index (χ0n) is 23.7. The summed E-state index contributed by atoms with van der Waals surface area (Å²) >= 11 is 0. The van der Waals surface area contributed by atoms with Gasteiger partial charge in [-0.15, -0.1) is 0 Å². The molecule has 0 N–H and O–H groups in total. The number of benzene rings is 4. The molecule has 0 spiro atoms. The van der Waals surface area contributed by atoms with Crippen LogP contribution in [0.5, 0.6) is 0 Å². The van der Waals surface area contributed by atoms with Gasteiger partial charge in [-0.05, 0) is 35.1 Å². The molecule has 0 unspecified atom stereocenters. The highest BCUT2D eigenvalue weighted by molar-refractivity contribution is 5.84. The molecule has 0 heterocycles. The maximum Gasteiger partial charge on any atom is 0.410 e. The minimum Gasteiger partial charge on any atom is -0.445 e. The van der Waals surface area contributed by atoms with Crippen LogP contribution in [0.25, 0.3) is 0 Å². The van der Waals surface area contributed by atoms with E-state index < -0.39 is 18.3 Å². The summed E-state index contributed by atoms with van der Waals surface area (Å²) in [6.07, 6.45) is -0.446. The van der Waals surface area contributed by atoms with Gasteiger partial charge >= 0.3 is 6.09 Å². The van der Waals surface area contributed by atoms with Gasteiger partial charge in [0.2, 0.25) is 0 Å². The molecule has 6 nitrogen and oxygen atoms in total. The van der Waals surface area contributed by atoms with Gasteiger partial charge in [-0.3, -0.25) is 4.79 Å². The van der Waals surface area contributed by atoms with E-state index in [4.69, 9.17) is 14.2 Å². The number of amides is 1. The smallest absolute Gasteiger partial charge is 0.410 e. The van der Waals surface area contributed by atoms with E-state index in [9.17, 15) is 9.59 Å². The maximum absolute atomic E-state index is 13.6. The molecule has 216 valence electrons. The highest BCUT2D eigenvalue weighted by atomic mass is 16.6. The molecular weight excluding hydrogens is 526 g/mol. The Balaban J connectivity index is 1.37. The average molecular weight is 564 g/mol. The van der Waals surface area contributed by atoms with E-state index in [1.165, 1.54) is 0 Å². The van der Waals surface area contributed by atoms with Crippen molar-refractivity contribution >= 4 is 11.9 Å². The Morgan fingerprint density at radius 2 is 1.12 bits per heavy atom. The molecule has 5 rings (SSSR count). The zero-order chi connectivity index (χ0) is 29.0. The van der Waals surface area contributed by atoms with Crippen LogP contribution in [-0.2, 0) is 45.4 Å². The predicted molar refractivity (Wildman–Crippen MR) is 161 cm³/mol. The number of hydrogen-bond acceptors (Lipinski definition) is 5. The fourth-order valence-corrected chi connectivity index (χ4v) is 5.27. The summed E-state index contributed by atoms with van der Waals surface area (Å²) in [6, 6.07) is 38.9. The van der Waals surface area contributed by atoms with Crippen LogP contribution < -0.4 is 0 Å². The van der Waals surface area contributed by atoms with Gasteiger partial charge in [0, 0.05) is 19.0 Å². The van der Waals surface area contributed by atoms with Crippen LogP contribution in [0.15, 0.2) is 121 Å². The second-order valence-corrected chi connectivity index (χ2v) is 10.6. The zero-order valence-corrected chi connectivity index (χ0v) is 23.7. The van der Waals surface area contributed by atoms with Gasteiger partial charge in [0.05, 0.1) is 19.3 Å². The highest BCUT2D eigenvalue weighted by Crippen LogP contribution is 2.28. The lowest BCUT2D eigenvalue weighted by atomic mass is 10.0. The molecule has 1 fully saturated rings. The first-order chi connectivity index (χ1) is 20.7. The van der Waals surface area contributed by atoms with Crippen molar-refractivity contribution in [2.75, 3.05) is 0 Å². The minimum absolute atomic E-state index is 0.0104. The van der Waals surface area contributed by atoms with E-state index in [-0.39, 0.29) is 24.9 Å². The fourth-order valence-electron chi connectivity index (χ4n) is 5.27. The molecule has 6 heteroatoms. The maximum atomic E-state index is 13.6. The van der Waals surface area contributed by atoms with E-state index in [1.54, 1.807) is 4.90 Å². The summed E-state index contributed by atoms with van der Waals surface area (Å²) in [5.41, 5.74) is 3.91. The summed E-state index contributed by atoms with van der Waals surface area (Å²) < 4.78 is 18.5. The number of Topliss-reactive ketones (excluding diaryl/α,β-unsaturated/α-hetero) is 1. The molecule has 1 aliphatic rings. The van der Waals surface area contributed by atoms with Crippen LogP contribution >= 0.6 is 0 Å². The first-order valence-corrected chi connectivity index (χ1v) is 14.5. The summed E-state index contributed by atoms with van der Waals surface area (Å²) in [5.74, 6) is -0.0104. The normalized spacial score (nSPS) is 18.7. The number of nitrogens with zero attached hydrogens (tertiary/aromatic N) is 1. The van der Waals surface area contributed by atoms with Crippen molar-refractivity contribution in [3.63, 3.8) is 0 Å². The number of carbonyl (C=O) groups excluding carboxylic acids is 2. The van der Waals surface area contributed by atoms with Crippen molar-refractivity contribution in [1.82, 2.24) is 4.90 Å². The van der Waals surface area contributed by atoms with E-state index >= 15 is 0 Å². The Morgan fingerprint density at radius 1 is 0.643 bits per heavy atom. The average Bonchev–Trinajstić information content (AvgIpc) is 3.20. The third-order valence-corrected chi connectivity index (χ3v) is 7.54. The molecule has 1 saturated carbocycles. The van der Waals surface area contributed by atoms with Crippen LogP contribution in [0.1, 0.15) is 41.5 Å². The fraction of sp³-hybridized carbons (Fsp3) is 0.278. The standard InChI is InChI=1S/C36H37NO5/c38-33-22-21-32(37(24-28-13-5-1-6-14-28)36(39)42-27-31-19-11-4-12-20-31)23-34(40-25-29-15-7-2-8-16-29)35(33)41-26-30-17-9-3-10-18-30/h1-20,32,34-35H,21-27H2/t32-,34-,35-/m1/s1. The quantitative estimate of drug-likeness (QED) is 0.182. The van der Waals surface area contributed by atoms with Gasteiger partial charge in [0.25, 0.3) is 0 Å². The minimum atomic E-state index is -0.738. The van der Waals surface area contributed by atoms with E-state index in [2.05, 4.69) is 0 Å². The van der Waals surface area contributed by atoms with Crippen LogP contribution in [0.3, 0.4) is 0 Å². The molecule has 1 aliphatic carbocycles. The molecule has 4 aromatic carbocycles. The Bertz CT molecular complexity index is 1380. The van der Waals surface area contributed by atoms with Crippen LogP contribution in [0.2, 0.25) is 0 Å². The van der Waals surface area contributed by atoms with E-state index in [1.807, 2.05) is 121 Å². The predicted octanol–water partition coefficient (Wildman–Crippen LogP) is 7.12. The second-order valence-electron chi connectivity index (χ2n) is 10.6. The summed E-state index contributed by atoms with van der Waals surface area (Å²) in [4.78, 5) is 28.9. The van der Waals surface area contributed by atoms with Gasteiger partial charge < -0.3 is 19.1 Å². The lowest BCUT2D eigenvalue weighted by Crippen LogP contribution is -2.44.